The number of fused-ring (bicyclic) bond motifs is 2. The highest BCUT2D eigenvalue weighted by Crippen LogP contribution is 2.33. The van der Waals surface area contributed by atoms with Crippen LogP contribution >= 0.6 is 0 Å². The number of nitrogens with zero attached hydrogens (tertiary/aromatic N) is 3. The molecule has 1 aliphatic rings. The first-order valence-corrected chi connectivity index (χ1v) is 9.49. The van der Waals surface area contributed by atoms with Crippen molar-refractivity contribution in [2.24, 2.45) is 5.10 Å². The van der Waals surface area contributed by atoms with E-state index in [-0.39, 0.29) is 5.69 Å². The van der Waals surface area contributed by atoms with Crippen LogP contribution in [0, 0.1) is 20.2 Å². The second-order valence-corrected chi connectivity index (χ2v) is 7.47. The predicted octanol–water partition coefficient (Wildman–Crippen LogP) is 3.85. The van der Waals surface area contributed by atoms with Gasteiger partial charge in [0, 0.05) is 17.2 Å². The highest BCUT2D eigenvalue weighted by Gasteiger charge is 2.27. The van der Waals surface area contributed by atoms with E-state index in [0.717, 1.165) is 12.1 Å². The smallest absolute Gasteiger partial charge is 0.271 e. The first-order chi connectivity index (χ1) is 14.0. The Hall–Kier alpha value is -3.92. The van der Waals surface area contributed by atoms with E-state index in [4.69, 9.17) is 0 Å². The highest BCUT2D eigenvalue weighted by molar-refractivity contribution is 7.85. The van der Waals surface area contributed by atoms with E-state index in [1.807, 2.05) is 0 Å². The molecule has 144 valence electrons. The molecule has 0 spiro atoms. The highest BCUT2D eigenvalue weighted by atomic mass is 32.2. The summed E-state index contributed by atoms with van der Waals surface area (Å²) < 4.78 is 12.9. The Balaban J connectivity index is 1.83. The summed E-state index contributed by atoms with van der Waals surface area (Å²) in [6, 6.07) is 17.4. The lowest BCUT2D eigenvalue weighted by Crippen LogP contribution is -2.18. The standard InChI is InChI=1S/C19H12N4O5S/c24-22(25)12-9-10-15(16(11-12)23(26)27)20-21-19-13-5-1-3-7-17(13)29(28)18-8-4-2-6-14(18)19/h1-11,20H. The predicted molar refractivity (Wildman–Crippen MR) is 107 cm³/mol. The maximum atomic E-state index is 12.9. The quantitative estimate of drug-likeness (QED) is 0.403. The lowest BCUT2D eigenvalue weighted by molar-refractivity contribution is -0.393. The van der Waals surface area contributed by atoms with Crippen LogP contribution in [0.15, 0.2) is 81.6 Å². The second kappa shape index (κ2) is 7.24. The Bertz CT molecular complexity index is 1170. The molecule has 0 bridgehead atoms. The monoisotopic (exact) mass is 408 g/mol. The van der Waals surface area contributed by atoms with E-state index in [1.165, 1.54) is 6.07 Å². The van der Waals surface area contributed by atoms with Crippen LogP contribution in [0.4, 0.5) is 17.1 Å². The number of rotatable bonds is 4. The van der Waals surface area contributed by atoms with E-state index < -0.39 is 32.0 Å². The molecule has 3 aromatic carbocycles. The van der Waals surface area contributed by atoms with Crippen LogP contribution in [0.1, 0.15) is 11.1 Å². The van der Waals surface area contributed by atoms with Gasteiger partial charge in [-0.15, -0.1) is 0 Å². The number of hydrogen-bond donors (Lipinski definition) is 1. The molecule has 29 heavy (non-hydrogen) atoms. The molecular weight excluding hydrogens is 396 g/mol. The Morgan fingerprint density at radius 3 is 1.97 bits per heavy atom. The molecule has 0 fully saturated rings. The summed E-state index contributed by atoms with van der Waals surface area (Å²) in [5.74, 6) is 0. The van der Waals surface area contributed by atoms with E-state index in [2.05, 4.69) is 10.5 Å². The summed E-state index contributed by atoms with van der Waals surface area (Å²) in [5, 5.41) is 26.6. The van der Waals surface area contributed by atoms with Crippen LogP contribution in [0.3, 0.4) is 0 Å². The van der Waals surface area contributed by atoms with Crippen molar-refractivity contribution in [2.45, 2.75) is 9.79 Å². The van der Waals surface area contributed by atoms with Gasteiger partial charge in [-0.25, -0.2) is 4.21 Å². The lowest BCUT2D eigenvalue weighted by atomic mass is 10.0. The van der Waals surface area contributed by atoms with Gasteiger partial charge in [0.2, 0.25) is 0 Å². The van der Waals surface area contributed by atoms with Gasteiger partial charge in [0.25, 0.3) is 5.69 Å². The molecule has 0 radical (unpaired) electrons. The van der Waals surface area contributed by atoms with Crippen molar-refractivity contribution in [1.29, 1.82) is 0 Å². The zero-order valence-electron chi connectivity index (χ0n) is 14.6. The molecule has 0 aliphatic carbocycles. The van der Waals surface area contributed by atoms with E-state index in [0.29, 0.717) is 26.6 Å². The number of hydrogen-bond acceptors (Lipinski definition) is 7. The average Bonchev–Trinajstić information content (AvgIpc) is 2.73. The fourth-order valence-corrected chi connectivity index (χ4v) is 4.40. The molecular formula is C19H12N4O5S. The van der Waals surface area contributed by atoms with Gasteiger partial charge in [-0.3, -0.25) is 25.7 Å². The molecule has 0 atom stereocenters. The SMILES string of the molecule is O=[N+]([O-])c1ccc(NN=C2c3ccccc3S(=O)c3ccccc32)c([N+](=O)[O-])c1. The average molecular weight is 408 g/mol. The molecule has 0 aromatic heterocycles. The third-order valence-electron chi connectivity index (χ3n) is 4.36. The van der Waals surface area contributed by atoms with Crippen molar-refractivity contribution in [1.82, 2.24) is 0 Å². The zero-order chi connectivity index (χ0) is 20.5. The van der Waals surface area contributed by atoms with Crippen molar-refractivity contribution in [3.8, 4) is 0 Å². The molecule has 0 amide bonds. The van der Waals surface area contributed by atoms with Gasteiger partial charge in [-0.05, 0) is 18.2 Å². The van der Waals surface area contributed by atoms with Crippen molar-refractivity contribution >= 4 is 33.6 Å². The van der Waals surface area contributed by atoms with E-state index in [9.17, 15) is 24.4 Å². The summed E-state index contributed by atoms with van der Waals surface area (Å²) >= 11 is 0. The summed E-state index contributed by atoms with van der Waals surface area (Å²) in [6.45, 7) is 0. The molecule has 3 aromatic rings. The third kappa shape index (κ3) is 3.25. The molecule has 4 rings (SSSR count). The number of benzene rings is 3. The third-order valence-corrected chi connectivity index (χ3v) is 5.87. The fourth-order valence-electron chi connectivity index (χ4n) is 3.03. The molecule has 9 nitrogen and oxygen atoms in total. The number of nitro groups is 2. The van der Waals surface area contributed by atoms with Crippen LogP contribution in [-0.2, 0) is 10.8 Å². The number of hydrazone groups is 1. The van der Waals surface area contributed by atoms with Crippen molar-refractivity contribution in [3.05, 3.63) is 98.1 Å². The van der Waals surface area contributed by atoms with Gasteiger partial charge in [-0.1, -0.05) is 36.4 Å². The maximum absolute atomic E-state index is 12.9. The molecule has 1 N–H and O–H groups in total. The summed E-state index contributed by atoms with van der Waals surface area (Å²) in [5.41, 5.74) is 3.56. The van der Waals surface area contributed by atoms with Crippen molar-refractivity contribution in [3.63, 3.8) is 0 Å². The molecule has 0 saturated heterocycles. The normalized spacial score (nSPS) is 14.5. The summed E-state index contributed by atoms with van der Waals surface area (Å²) in [6.07, 6.45) is 0. The largest absolute Gasteiger partial charge is 0.301 e. The Morgan fingerprint density at radius 1 is 0.828 bits per heavy atom. The minimum atomic E-state index is -1.37. The first-order valence-electron chi connectivity index (χ1n) is 8.34. The maximum Gasteiger partial charge on any atom is 0.301 e. The minimum absolute atomic E-state index is 0.00904. The Morgan fingerprint density at radius 2 is 1.41 bits per heavy atom. The minimum Gasteiger partial charge on any atom is -0.271 e. The fraction of sp³-hybridized carbons (Fsp3) is 0. The lowest BCUT2D eigenvalue weighted by Gasteiger charge is -2.20. The summed E-state index contributed by atoms with van der Waals surface area (Å²) in [4.78, 5) is 22.0. The molecule has 1 heterocycles. The van der Waals surface area contributed by atoms with Crippen LogP contribution < -0.4 is 5.43 Å². The first kappa shape index (κ1) is 18.4. The van der Waals surface area contributed by atoms with Gasteiger partial charge in [-0.2, -0.15) is 5.10 Å². The van der Waals surface area contributed by atoms with Gasteiger partial charge in [0.05, 0.1) is 36.5 Å². The molecule has 10 heteroatoms. The van der Waals surface area contributed by atoms with Crippen LogP contribution in [0.5, 0.6) is 0 Å². The number of nitro benzene ring substituents is 2. The van der Waals surface area contributed by atoms with Crippen molar-refractivity contribution in [2.75, 3.05) is 5.43 Å². The van der Waals surface area contributed by atoms with Crippen molar-refractivity contribution < 1.29 is 14.1 Å². The number of anilines is 1. The van der Waals surface area contributed by atoms with E-state index in [1.54, 1.807) is 48.5 Å². The molecule has 0 unspecified atom stereocenters. The van der Waals surface area contributed by atoms with Gasteiger partial charge in [0.1, 0.15) is 11.4 Å². The van der Waals surface area contributed by atoms with Gasteiger partial charge < -0.3 is 0 Å². The second-order valence-electron chi connectivity index (χ2n) is 6.05. The topological polar surface area (TPSA) is 128 Å². The Labute approximate surface area is 166 Å². The van der Waals surface area contributed by atoms with Crippen LogP contribution in [-0.4, -0.2) is 19.8 Å². The molecule has 0 saturated carbocycles. The summed E-state index contributed by atoms with van der Waals surface area (Å²) in [7, 11) is -1.37. The number of non-ortho nitro benzene ring substituents is 1. The zero-order valence-corrected chi connectivity index (χ0v) is 15.5. The van der Waals surface area contributed by atoms with Crippen LogP contribution in [0.2, 0.25) is 0 Å². The molecule has 1 aliphatic heterocycles. The van der Waals surface area contributed by atoms with Crippen LogP contribution in [0.25, 0.3) is 0 Å². The van der Waals surface area contributed by atoms with Gasteiger partial charge >= 0.3 is 5.69 Å². The van der Waals surface area contributed by atoms with Gasteiger partial charge in [0.15, 0.2) is 0 Å². The number of nitrogens with one attached hydrogen (secondary N) is 1. The van der Waals surface area contributed by atoms with E-state index >= 15 is 0 Å². The Kier molecular flexibility index (Phi) is 4.61.